The highest BCUT2D eigenvalue weighted by molar-refractivity contribution is 5.74. The van der Waals surface area contributed by atoms with Crippen LogP contribution in [0.25, 0.3) is 0 Å². The Morgan fingerprint density at radius 3 is 2.15 bits per heavy atom. The number of ether oxygens (including phenoxy) is 2. The van der Waals surface area contributed by atoms with Crippen molar-refractivity contribution in [3.05, 3.63) is 12.2 Å². The number of fused-ring (bicyclic) bond motifs is 7. The van der Waals surface area contributed by atoms with Crippen LogP contribution in [0.2, 0.25) is 0 Å². The Morgan fingerprint density at radius 1 is 0.833 bits per heavy atom. The van der Waals surface area contributed by atoms with Crippen molar-refractivity contribution in [1.82, 2.24) is 5.32 Å². The van der Waals surface area contributed by atoms with Gasteiger partial charge in [0.2, 0.25) is 6.41 Å². The van der Waals surface area contributed by atoms with Gasteiger partial charge in [-0.25, -0.2) is 0 Å². The molecule has 6 aliphatic rings. The summed E-state index contributed by atoms with van der Waals surface area (Å²) in [6.07, 6.45) is 15.5. The first kappa shape index (κ1) is 36.0. The first-order chi connectivity index (χ1) is 22.4. The molecular weight excluding hydrogens is 598 g/mol. The molecule has 1 N–H and O–H groups in total. The molecule has 10 atom stereocenters. The van der Waals surface area contributed by atoms with Crippen molar-refractivity contribution in [2.45, 2.75) is 151 Å². The smallest absolute Gasteiger partial charge is 0.306 e. The number of methoxy groups -OCH3 is 1. The van der Waals surface area contributed by atoms with Crippen LogP contribution in [0.5, 0.6) is 0 Å². The molecule has 0 saturated heterocycles. The van der Waals surface area contributed by atoms with Crippen LogP contribution in [0.15, 0.2) is 12.2 Å². The van der Waals surface area contributed by atoms with Crippen molar-refractivity contribution in [3.63, 3.8) is 0 Å². The second kappa shape index (κ2) is 11.9. The molecule has 0 aromatic heterocycles. The molecule has 1 unspecified atom stereocenters. The van der Waals surface area contributed by atoms with Gasteiger partial charge in [0.1, 0.15) is 5.60 Å². The first-order valence-corrected chi connectivity index (χ1v) is 19.5. The van der Waals surface area contributed by atoms with E-state index in [2.05, 4.69) is 53.4 Å². The normalized spacial score (nSPS) is 44.6. The fraction of sp³-hybridized carbons (Fsp3) is 0.881. The van der Waals surface area contributed by atoms with E-state index < -0.39 is 11.0 Å². The zero-order valence-electron chi connectivity index (χ0n) is 31.9. The highest BCUT2D eigenvalue weighted by Crippen LogP contribution is 2.79. The molecule has 6 nitrogen and oxygen atoms in total. The quantitative estimate of drug-likeness (QED) is 0.143. The van der Waals surface area contributed by atoms with Gasteiger partial charge in [-0.15, -0.1) is 0 Å². The van der Waals surface area contributed by atoms with Crippen LogP contribution in [-0.4, -0.2) is 37.6 Å². The molecule has 0 spiro atoms. The lowest BCUT2D eigenvalue weighted by atomic mass is 9.31. The second-order valence-corrected chi connectivity index (χ2v) is 20.0. The molecule has 48 heavy (non-hydrogen) atoms. The standard InChI is InChI=1S/C42H67NO5/c1-27(2)29-15-18-41(25-43-26-44)21-20-39(8)30(35(29)41)13-14-32-38(7)19-22-42(28-11-12-28,37(5,6)31(38)16-17-40(32,39)9)48-34(46)24-36(3,4)23-33(45)47-10/h26,28-32,35H,1,11-25H2,2-10H3,(H,43,44)/t29-,30+,31-,32?,35+,38-,39+,40+,41+,42+/m0/s1. The SMILES string of the molecule is C=C(C)[C@@H]1CC[C@]2(CNC=O)CC[C@]3(C)[C@H](CCC4[C@@]5(C)CC[C@@](OC(=O)CC(C)(C)CC(=O)OC)(C6CC6)C(C)(C)[C@@H]5CC[C@]43C)[C@@H]12. The Balaban J connectivity index is 1.28. The van der Waals surface area contributed by atoms with E-state index in [1.807, 2.05) is 13.8 Å². The highest BCUT2D eigenvalue weighted by Gasteiger charge is 2.74. The van der Waals surface area contributed by atoms with Gasteiger partial charge in [0.15, 0.2) is 0 Å². The Hall–Kier alpha value is -1.85. The van der Waals surface area contributed by atoms with Gasteiger partial charge in [0, 0.05) is 12.0 Å². The van der Waals surface area contributed by atoms with Gasteiger partial charge in [-0.05, 0) is 147 Å². The monoisotopic (exact) mass is 666 g/mol. The third-order valence-electron chi connectivity index (χ3n) is 17.0. The van der Waals surface area contributed by atoms with Crippen LogP contribution in [0.4, 0.5) is 0 Å². The summed E-state index contributed by atoms with van der Waals surface area (Å²) in [7, 11) is 1.41. The minimum absolute atomic E-state index is 0.138. The molecule has 0 aromatic rings. The fourth-order valence-electron chi connectivity index (χ4n) is 14.5. The number of carbonyl (C=O) groups excluding carboxylic acids is 3. The van der Waals surface area contributed by atoms with Crippen molar-refractivity contribution in [1.29, 1.82) is 0 Å². The third kappa shape index (κ3) is 5.17. The van der Waals surface area contributed by atoms with E-state index in [1.54, 1.807) is 0 Å². The molecule has 0 aliphatic heterocycles. The van der Waals surface area contributed by atoms with Gasteiger partial charge in [-0.3, -0.25) is 14.4 Å². The zero-order valence-corrected chi connectivity index (χ0v) is 31.9. The molecule has 0 heterocycles. The summed E-state index contributed by atoms with van der Waals surface area (Å²) in [5.74, 6) is 2.92. The molecule has 0 bridgehead atoms. The summed E-state index contributed by atoms with van der Waals surface area (Å²) in [5.41, 5.74) is 1.14. The van der Waals surface area contributed by atoms with Gasteiger partial charge in [-0.2, -0.15) is 0 Å². The average molecular weight is 666 g/mol. The summed E-state index contributed by atoms with van der Waals surface area (Å²) >= 11 is 0. The summed E-state index contributed by atoms with van der Waals surface area (Å²) in [6, 6.07) is 0. The van der Waals surface area contributed by atoms with Crippen molar-refractivity contribution >= 4 is 18.3 Å². The molecule has 6 aliphatic carbocycles. The van der Waals surface area contributed by atoms with E-state index >= 15 is 0 Å². The molecular formula is C42H67NO5. The fourth-order valence-corrected chi connectivity index (χ4v) is 14.5. The Bertz CT molecular complexity index is 1320. The first-order valence-electron chi connectivity index (χ1n) is 19.5. The number of hydrogen-bond acceptors (Lipinski definition) is 5. The predicted octanol–water partition coefficient (Wildman–Crippen LogP) is 9.06. The minimum atomic E-state index is -0.508. The maximum atomic E-state index is 13.8. The lowest BCUT2D eigenvalue weighted by Gasteiger charge is -2.74. The van der Waals surface area contributed by atoms with E-state index in [-0.39, 0.29) is 51.9 Å². The Morgan fingerprint density at radius 2 is 1.52 bits per heavy atom. The number of rotatable bonds is 10. The van der Waals surface area contributed by atoms with Gasteiger partial charge in [0.25, 0.3) is 0 Å². The maximum Gasteiger partial charge on any atom is 0.306 e. The number of amides is 1. The summed E-state index contributed by atoms with van der Waals surface area (Å²) in [6.45, 7) is 24.4. The predicted molar refractivity (Wildman–Crippen MR) is 190 cm³/mol. The van der Waals surface area contributed by atoms with Crippen LogP contribution < -0.4 is 5.32 Å². The van der Waals surface area contributed by atoms with E-state index in [0.29, 0.717) is 35.5 Å². The zero-order chi connectivity index (χ0) is 35.1. The number of allylic oxidation sites excluding steroid dienone is 1. The Kier molecular flexibility index (Phi) is 8.88. The minimum Gasteiger partial charge on any atom is -0.469 e. The average Bonchev–Trinajstić information content (AvgIpc) is 3.78. The van der Waals surface area contributed by atoms with Crippen LogP contribution >= 0.6 is 0 Å². The van der Waals surface area contributed by atoms with Gasteiger partial charge in [-0.1, -0.05) is 60.6 Å². The van der Waals surface area contributed by atoms with Crippen LogP contribution in [-0.2, 0) is 23.9 Å². The molecule has 6 heteroatoms. The van der Waals surface area contributed by atoms with Gasteiger partial charge in [0.05, 0.1) is 20.0 Å². The lowest BCUT2D eigenvalue weighted by molar-refractivity contribution is -0.273. The van der Waals surface area contributed by atoms with Gasteiger partial charge >= 0.3 is 11.9 Å². The van der Waals surface area contributed by atoms with Crippen LogP contribution in [0.3, 0.4) is 0 Å². The van der Waals surface area contributed by atoms with E-state index in [9.17, 15) is 14.4 Å². The van der Waals surface area contributed by atoms with Crippen molar-refractivity contribution < 1.29 is 23.9 Å². The molecule has 6 saturated carbocycles. The Labute approximate surface area is 291 Å². The second-order valence-electron chi connectivity index (χ2n) is 20.0. The number of carbonyl (C=O) groups is 3. The number of esters is 2. The molecule has 270 valence electrons. The topological polar surface area (TPSA) is 81.7 Å². The largest absolute Gasteiger partial charge is 0.469 e. The van der Waals surface area contributed by atoms with Crippen molar-refractivity contribution in [2.24, 2.45) is 68.0 Å². The molecule has 1 amide bonds. The molecule has 6 rings (SSSR count). The van der Waals surface area contributed by atoms with E-state index in [4.69, 9.17) is 9.47 Å². The molecule has 0 radical (unpaired) electrons. The summed E-state index contributed by atoms with van der Waals surface area (Å²) in [5, 5.41) is 3.16. The van der Waals surface area contributed by atoms with Crippen molar-refractivity contribution in [3.8, 4) is 0 Å². The number of nitrogens with one attached hydrogen (secondary N) is 1. The van der Waals surface area contributed by atoms with Crippen molar-refractivity contribution in [2.75, 3.05) is 13.7 Å². The highest BCUT2D eigenvalue weighted by atomic mass is 16.6. The summed E-state index contributed by atoms with van der Waals surface area (Å²) in [4.78, 5) is 37.4. The van der Waals surface area contributed by atoms with Gasteiger partial charge < -0.3 is 14.8 Å². The summed E-state index contributed by atoms with van der Waals surface area (Å²) < 4.78 is 11.8. The molecule has 6 fully saturated rings. The number of hydrogen-bond donors (Lipinski definition) is 1. The van der Waals surface area contributed by atoms with E-state index in [0.717, 1.165) is 38.6 Å². The van der Waals surface area contributed by atoms with Crippen LogP contribution in [0, 0.1) is 68.0 Å². The maximum absolute atomic E-state index is 13.8. The van der Waals surface area contributed by atoms with E-state index in [1.165, 1.54) is 64.0 Å². The third-order valence-corrected chi connectivity index (χ3v) is 17.0. The van der Waals surface area contributed by atoms with Crippen LogP contribution in [0.1, 0.15) is 145 Å². The lowest BCUT2D eigenvalue weighted by Crippen LogP contribution is -2.69. The molecule has 0 aromatic carbocycles.